The minimum Gasteiger partial charge on any atom is -0.485 e. The average Bonchev–Trinajstić information content (AvgIpc) is 2.53. The molecule has 0 N–H and O–H groups in total. The molecule has 0 amide bonds. The van der Waals surface area contributed by atoms with Crippen LogP contribution in [-0.2, 0) is 12.8 Å². The summed E-state index contributed by atoms with van der Waals surface area (Å²) in [6.07, 6.45) is 4.72. The third kappa shape index (κ3) is 3.64. The van der Waals surface area contributed by atoms with Gasteiger partial charge in [0.05, 0.1) is 0 Å². The topological polar surface area (TPSA) is 26.3 Å². The number of ether oxygens (including phenoxy) is 1. The highest BCUT2D eigenvalue weighted by atomic mass is 127. The van der Waals surface area contributed by atoms with Gasteiger partial charge in [0.15, 0.2) is 12.4 Å². The number of hydrogen-bond donors (Lipinski definition) is 0. The Hall–Kier alpha value is -1.36. The predicted octanol–water partition coefficient (Wildman–Crippen LogP) is 4.43. The van der Waals surface area contributed by atoms with E-state index in [-0.39, 0.29) is 12.4 Å². The Kier molecular flexibility index (Phi) is 4.58. The maximum absolute atomic E-state index is 12.2. The third-order valence-electron chi connectivity index (χ3n) is 3.85. The molecule has 1 aliphatic carbocycles. The van der Waals surface area contributed by atoms with Gasteiger partial charge in [0.1, 0.15) is 5.75 Å². The van der Waals surface area contributed by atoms with Crippen molar-refractivity contribution >= 4 is 28.4 Å². The van der Waals surface area contributed by atoms with Crippen LogP contribution >= 0.6 is 22.6 Å². The fourth-order valence-electron chi connectivity index (χ4n) is 2.67. The number of carbonyl (C=O) groups is 1. The van der Waals surface area contributed by atoms with Gasteiger partial charge in [-0.3, -0.25) is 4.79 Å². The molecule has 2 nitrogen and oxygen atoms in total. The first-order valence-corrected chi connectivity index (χ1v) is 8.33. The van der Waals surface area contributed by atoms with Crippen molar-refractivity contribution in [2.45, 2.75) is 25.7 Å². The van der Waals surface area contributed by atoms with Gasteiger partial charge >= 0.3 is 0 Å². The molecule has 0 saturated carbocycles. The Bertz CT molecular complexity index is 647. The maximum atomic E-state index is 12.2. The number of aryl methyl sites for hydroxylation is 2. The molecular formula is C18H17IO2. The summed E-state index contributed by atoms with van der Waals surface area (Å²) < 4.78 is 6.72. The molecule has 0 radical (unpaired) electrons. The lowest BCUT2D eigenvalue weighted by Crippen LogP contribution is -2.13. The predicted molar refractivity (Wildman–Crippen MR) is 92.1 cm³/mol. The number of halogens is 1. The number of hydrogen-bond acceptors (Lipinski definition) is 2. The third-order valence-corrected chi connectivity index (χ3v) is 4.57. The van der Waals surface area contributed by atoms with Crippen LogP contribution in [0.15, 0.2) is 42.5 Å². The van der Waals surface area contributed by atoms with Crippen molar-refractivity contribution in [2.75, 3.05) is 6.61 Å². The van der Waals surface area contributed by atoms with E-state index in [0.29, 0.717) is 0 Å². The second kappa shape index (κ2) is 6.60. The molecule has 0 fully saturated rings. The number of fused-ring (bicyclic) bond motifs is 1. The van der Waals surface area contributed by atoms with Crippen molar-refractivity contribution in [2.24, 2.45) is 0 Å². The Morgan fingerprint density at radius 2 is 1.71 bits per heavy atom. The molecule has 2 aromatic carbocycles. The lowest BCUT2D eigenvalue weighted by molar-refractivity contribution is 0.0921. The van der Waals surface area contributed by atoms with Gasteiger partial charge in [0.25, 0.3) is 0 Å². The van der Waals surface area contributed by atoms with Gasteiger partial charge in [-0.2, -0.15) is 0 Å². The van der Waals surface area contributed by atoms with Crippen LogP contribution in [0.25, 0.3) is 0 Å². The Morgan fingerprint density at radius 1 is 1.00 bits per heavy atom. The first-order valence-electron chi connectivity index (χ1n) is 7.26. The molecule has 108 valence electrons. The summed E-state index contributed by atoms with van der Waals surface area (Å²) in [6, 6.07) is 13.8. The van der Waals surface area contributed by atoms with Crippen LogP contribution in [0.2, 0.25) is 0 Å². The highest BCUT2D eigenvalue weighted by Gasteiger charge is 2.13. The van der Waals surface area contributed by atoms with E-state index in [2.05, 4.69) is 28.7 Å². The van der Waals surface area contributed by atoms with Crippen molar-refractivity contribution in [3.63, 3.8) is 0 Å². The molecule has 0 aliphatic heterocycles. The first kappa shape index (κ1) is 14.6. The van der Waals surface area contributed by atoms with Crippen LogP contribution in [0, 0.1) is 3.57 Å². The van der Waals surface area contributed by atoms with Crippen molar-refractivity contribution in [3.05, 3.63) is 62.7 Å². The standard InChI is InChI=1S/C18H17IO2/c19-16-7-9-17(10-8-16)21-12-18(20)15-6-5-13-3-1-2-4-14(13)11-15/h5-11H,1-4,12H2. The van der Waals surface area contributed by atoms with Crippen molar-refractivity contribution < 1.29 is 9.53 Å². The summed E-state index contributed by atoms with van der Waals surface area (Å²) >= 11 is 2.24. The number of ketones is 1. The van der Waals surface area contributed by atoms with Gasteiger partial charge in [-0.05, 0) is 89.7 Å². The highest BCUT2D eigenvalue weighted by Crippen LogP contribution is 2.22. The van der Waals surface area contributed by atoms with E-state index in [0.717, 1.165) is 27.7 Å². The molecule has 3 heteroatoms. The summed E-state index contributed by atoms with van der Waals surface area (Å²) in [6.45, 7) is 0.0966. The minimum absolute atomic E-state index is 0.0434. The van der Waals surface area contributed by atoms with E-state index in [9.17, 15) is 4.79 Å². The fraction of sp³-hybridized carbons (Fsp3) is 0.278. The van der Waals surface area contributed by atoms with Crippen LogP contribution in [0.4, 0.5) is 0 Å². The lowest BCUT2D eigenvalue weighted by Gasteiger charge is -2.16. The average molecular weight is 392 g/mol. The van der Waals surface area contributed by atoms with Crippen LogP contribution in [0.3, 0.4) is 0 Å². The maximum Gasteiger partial charge on any atom is 0.200 e. The van der Waals surface area contributed by atoms with Crippen LogP contribution in [0.1, 0.15) is 34.3 Å². The van der Waals surface area contributed by atoms with E-state index in [1.165, 1.54) is 24.0 Å². The van der Waals surface area contributed by atoms with Gasteiger partial charge in [0.2, 0.25) is 0 Å². The van der Waals surface area contributed by atoms with E-state index < -0.39 is 0 Å². The molecule has 21 heavy (non-hydrogen) atoms. The number of carbonyl (C=O) groups excluding carboxylic acids is 1. The van der Waals surface area contributed by atoms with E-state index in [4.69, 9.17) is 4.74 Å². The van der Waals surface area contributed by atoms with Gasteiger partial charge in [0, 0.05) is 9.13 Å². The monoisotopic (exact) mass is 392 g/mol. The van der Waals surface area contributed by atoms with Crippen molar-refractivity contribution in [1.29, 1.82) is 0 Å². The highest BCUT2D eigenvalue weighted by molar-refractivity contribution is 14.1. The molecule has 2 aromatic rings. The Balaban J connectivity index is 1.66. The Labute approximate surface area is 138 Å². The summed E-state index contributed by atoms with van der Waals surface area (Å²) in [4.78, 5) is 12.2. The van der Waals surface area contributed by atoms with Crippen molar-refractivity contribution in [1.82, 2.24) is 0 Å². The smallest absolute Gasteiger partial charge is 0.200 e. The SMILES string of the molecule is O=C(COc1ccc(I)cc1)c1ccc2c(c1)CCCC2. The zero-order valence-corrected chi connectivity index (χ0v) is 13.9. The Morgan fingerprint density at radius 3 is 2.48 bits per heavy atom. The van der Waals surface area contributed by atoms with Crippen molar-refractivity contribution in [3.8, 4) is 5.75 Å². The molecule has 0 heterocycles. The van der Waals surface area contributed by atoms with Gasteiger partial charge in [-0.15, -0.1) is 0 Å². The zero-order valence-electron chi connectivity index (χ0n) is 11.8. The van der Waals surface area contributed by atoms with Gasteiger partial charge in [-0.25, -0.2) is 0 Å². The largest absolute Gasteiger partial charge is 0.485 e. The first-order chi connectivity index (χ1) is 10.2. The van der Waals surface area contributed by atoms with Gasteiger partial charge in [-0.1, -0.05) is 12.1 Å². The summed E-state index contributed by atoms with van der Waals surface area (Å²) in [5.41, 5.74) is 3.50. The quantitative estimate of drug-likeness (QED) is 0.569. The number of benzene rings is 2. The molecule has 0 aromatic heterocycles. The number of Topliss-reactive ketones (excluding diaryl/α,β-unsaturated/α-hetero) is 1. The molecule has 0 atom stereocenters. The van der Waals surface area contributed by atoms with Crippen LogP contribution in [-0.4, -0.2) is 12.4 Å². The van der Waals surface area contributed by atoms with Gasteiger partial charge < -0.3 is 4.74 Å². The zero-order chi connectivity index (χ0) is 14.7. The molecule has 0 saturated heterocycles. The molecule has 3 rings (SSSR count). The van der Waals surface area contributed by atoms with Crippen LogP contribution in [0.5, 0.6) is 5.75 Å². The summed E-state index contributed by atoms with van der Waals surface area (Å²) in [5, 5.41) is 0. The molecule has 0 spiro atoms. The number of rotatable bonds is 4. The molecular weight excluding hydrogens is 375 g/mol. The normalized spacial score (nSPS) is 13.6. The lowest BCUT2D eigenvalue weighted by atomic mass is 9.90. The molecule has 1 aliphatic rings. The van der Waals surface area contributed by atoms with E-state index >= 15 is 0 Å². The van der Waals surface area contributed by atoms with E-state index in [1.807, 2.05) is 36.4 Å². The summed E-state index contributed by atoms with van der Waals surface area (Å²) in [7, 11) is 0. The molecule has 0 bridgehead atoms. The second-order valence-corrected chi connectivity index (χ2v) is 6.60. The second-order valence-electron chi connectivity index (χ2n) is 5.36. The summed E-state index contributed by atoms with van der Waals surface area (Å²) in [5.74, 6) is 0.781. The van der Waals surface area contributed by atoms with E-state index in [1.54, 1.807) is 0 Å². The molecule has 0 unspecified atom stereocenters. The minimum atomic E-state index is 0.0434. The van der Waals surface area contributed by atoms with Crippen LogP contribution < -0.4 is 4.74 Å². The fourth-order valence-corrected chi connectivity index (χ4v) is 3.03.